The third-order valence-corrected chi connectivity index (χ3v) is 3.92. The van der Waals surface area contributed by atoms with Crippen LogP contribution in [-0.2, 0) is 9.53 Å². The van der Waals surface area contributed by atoms with E-state index in [1.165, 1.54) is 11.1 Å². The Labute approximate surface area is 132 Å². The Bertz CT molecular complexity index is 514. The number of rotatable bonds is 2. The topological polar surface area (TPSA) is 58.6 Å². The van der Waals surface area contributed by atoms with Crippen molar-refractivity contribution in [3.8, 4) is 0 Å². The van der Waals surface area contributed by atoms with Gasteiger partial charge < -0.3 is 15.0 Å². The quantitative estimate of drug-likeness (QED) is 0.853. The lowest BCUT2D eigenvalue weighted by Gasteiger charge is -2.33. The van der Waals surface area contributed by atoms with Gasteiger partial charge in [0.05, 0.1) is 0 Å². The van der Waals surface area contributed by atoms with E-state index in [1.54, 1.807) is 6.92 Å². The molecule has 1 aliphatic carbocycles. The zero-order valence-corrected chi connectivity index (χ0v) is 13.9. The van der Waals surface area contributed by atoms with E-state index >= 15 is 0 Å². The van der Waals surface area contributed by atoms with E-state index in [0.717, 1.165) is 25.9 Å². The fourth-order valence-corrected chi connectivity index (χ4v) is 2.81. The molecule has 0 fully saturated rings. The molecule has 122 valence electrons. The summed E-state index contributed by atoms with van der Waals surface area (Å²) in [5.74, 6) is 0.391. The van der Waals surface area contributed by atoms with E-state index < -0.39 is 5.60 Å². The number of nitrogens with zero attached hydrogens (tertiary/aromatic N) is 1. The lowest BCUT2D eigenvalue weighted by Crippen LogP contribution is -2.38. The molecule has 2 amide bonds. The molecular weight excluding hydrogens is 280 g/mol. The van der Waals surface area contributed by atoms with Crippen LogP contribution < -0.4 is 5.32 Å². The molecule has 5 nitrogen and oxygen atoms in total. The zero-order chi connectivity index (χ0) is 16.3. The average molecular weight is 306 g/mol. The van der Waals surface area contributed by atoms with Gasteiger partial charge in [0.25, 0.3) is 0 Å². The Morgan fingerprint density at radius 2 is 2.14 bits per heavy atom. The first-order valence-corrected chi connectivity index (χ1v) is 7.86. The van der Waals surface area contributed by atoms with Crippen molar-refractivity contribution in [3.05, 3.63) is 23.3 Å². The van der Waals surface area contributed by atoms with Crippen LogP contribution in [0.5, 0.6) is 0 Å². The van der Waals surface area contributed by atoms with Crippen LogP contribution in [0.15, 0.2) is 23.3 Å². The Morgan fingerprint density at radius 1 is 1.41 bits per heavy atom. The first-order chi connectivity index (χ1) is 10.2. The van der Waals surface area contributed by atoms with Crippen molar-refractivity contribution in [2.45, 2.75) is 46.1 Å². The van der Waals surface area contributed by atoms with Gasteiger partial charge in [-0.1, -0.05) is 12.2 Å². The minimum atomic E-state index is -0.479. The second-order valence-electron chi connectivity index (χ2n) is 7.03. The van der Waals surface area contributed by atoms with Gasteiger partial charge in [-0.25, -0.2) is 4.79 Å². The molecular formula is C17H26N2O3. The summed E-state index contributed by atoms with van der Waals surface area (Å²) in [6, 6.07) is 0. The third-order valence-electron chi connectivity index (χ3n) is 3.92. The molecule has 0 aromatic rings. The number of hydrogen-bond acceptors (Lipinski definition) is 3. The third kappa shape index (κ3) is 4.61. The Balaban J connectivity index is 1.85. The van der Waals surface area contributed by atoms with E-state index in [2.05, 4.69) is 17.5 Å². The van der Waals surface area contributed by atoms with Crippen LogP contribution in [0, 0.1) is 5.92 Å². The van der Waals surface area contributed by atoms with Gasteiger partial charge in [-0.3, -0.25) is 4.79 Å². The highest BCUT2D eigenvalue weighted by Crippen LogP contribution is 2.29. The maximum atomic E-state index is 11.7. The SMILES string of the molecule is CC(=O)N1CCC2=C(CC(CNC(=O)OC(C)(C)C)C=C2)C1. The van der Waals surface area contributed by atoms with E-state index in [1.807, 2.05) is 25.7 Å². The predicted molar refractivity (Wildman–Crippen MR) is 85.4 cm³/mol. The van der Waals surface area contributed by atoms with Crippen molar-refractivity contribution in [1.82, 2.24) is 10.2 Å². The molecule has 1 N–H and O–H groups in total. The highest BCUT2D eigenvalue weighted by atomic mass is 16.6. The molecule has 1 atom stereocenters. The summed E-state index contributed by atoms with van der Waals surface area (Å²) in [5, 5.41) is 2.82. The summed E-state index contributed by atoms with van der Waals surface area (Å²) in [6.07, 6.45) is 5.75. The van der Waals surface area contributed by atoms with Gasteiger partial charge in [0.1, 0.15) is 5.60 Å². The zero-order valence-electron chi connectivity index (χ0n) is 13.9. The molecule has 0 saturated heterocycles. The van der Waals surface area contributed by atoms with E-state index in [9.17, 15) is 9.59 Å². The van der Waals surface area contributed by atoms with Crippen LogP contribution in [0.2, 0.25) is 0 Å². The number of amides is 2. The molecule has 2 rings (SSSR count). The molecule has 1 aliphatic heterocycles. The monoisotopic (exact) mass is 306 g/mol. The molecule has 0 bridgehead atoms. The van der Waals surface area contributed by atoms with Crippen LogP contribution in [0.25, 0.3) is 0 Å². The van der Waals surface area contributed by atoms with Crippen LogP contribution in [0.4, 0.5) is 4.79 Å². The second kappa shape index (κ2) is 6.55. The Morgan fingerprint density at radius 3 is 2.77 bits per heavy atom. The van der Waals surface area contributed by atoms with Crippen molar-refractivity contribution < 1.29 is 14.3 Å². The van der Waals surface area contributed by atoms with Gasteiger partial charge in [-0.15, -0.1) is 0 Å². The summed E-state index contributed by atoms with van der Waals surface area (Å²) >= 11 is 0. The molecule has 0 aromatic carbocycles. The molecule has 0 radical (unpaired) electrons. The fourth-order valence-electron chi connectivity index (χ4n) is 2.81. The maximum absolute atomic E-state index is 11.7. The molecule has 2 aliphatic rings. The molecule has 0 spiro atoms. The molecule has 1 unspecified atom stereocenters. The summed E-state index contributed by atoms with van der Waals surface area (Å²) in [6.45, 7) is 9.25. The summed E-state index contributed by atoms with van der Waals surface area (Å²) in [4.78, 5) is 25.1. The normalized spacial score (nSPS) is 21.5. The lowest BCUT2D eigenvalue weighted by atomic mass is 9.86. The molecule has 0 aromatic heterocycles. The first kappa shape index (κ1) is 16.6. The van der Waals surface area contributed by atoms with Crippen molar-refractivity contribution in [2.24, 2.45) is 5.92 Å². The van der Waals surface area contributed by atoms with Gasteiger partial charge in [0, 0.05) is 26.6 Å². The number of allylic oxidation sites excluding steroid dienone is 1. The van der Waals surface area contributed by atoms with Crippen molar-refractivity contribution >= 4 is 12.0 Å². The van der Waals surface area contributed by atoms with Crippen LogP contribution >= 0.6 is 0 Å². The van der Waals surface area contributed by atoms with Crippen LogP contribution in [0.1, 0.15) is 40.5 Å². The van der Waals surface area contributed by atoms with E-state index in [-0.39, 0.29) is 17.9 Å². The smallest absolute Gasteiger partial charge is 0.407 e. The summed E-state index contributed by atoms with van der Waals surface area (Å²) in [7, 11) is 0. The van der Waals surface area contributed by atoms with Crippen molar-refractivity contribution in [1.29, 1.82) is 0 Å². The van der Waals surface area contributed by atoms with E-state index in [0.29, 0.717) is 6.54 Å². The number of ether oxygens (including phenoxy) is 1. The number of nitrogens with one attached hydrogen (secondary N) is 1. The molecule has 22 heavy (non-hydrogen) atoms. The van der Waals surface area contributed by atoms with Crippen LogP contribution in [0.3, 0.4) is 0 Å². The second-order valence-corrected chi connectivity index (χ2v) is 7.03. The largest absolute Gasteiger partial charge is 0.444 e. The molecule has 5 heteroatoms. The van der Waals surface area contributed by atoms with Gasteiger partial charge in [-0.05, 0) is 50.7 Å². The standard InChI is InChI=1S/C17H26N2O3/c1-12(20)19-8-7-14-6-5-13(9-15(14)11-19)10-18-16(21)22-17(2,3)4/h5-6,13H,7-11H2,1-4H3,(H,18,21). The Kier molecular flexibility index (Phi) is 4.94. The minimum absolute atomic E-state index is 0.129. The predicted octanol–water partition coefficient (Wildman–Crippen LogP) is 2.64. The average Bonchev–Trinajstić information content (AvgIpc) is 2.42. The Hall–Kier alpha value is -1.78. The van der Waals surface area contributed by atoms with Gasteiger partial charge in [0.2, 0.25) is 5.91 Å². The highest BCUT2D eigenvalue weighted by molar-refractivity contribution is 5.74. The highest BCUT2D eigenvalue weighted by Gasteiger charge is 2.24. The molecule has 0 saturated carbocycles. The number of carbonyl (C=O) groups excluding carboxylic acids is 2. The summed E-state index contributed by atoms with van der Waals surface area (Å²) < 4.78 is 5.24. The number of carbonyl (C=O) groups is 2. The van der Waals surface area contributed by atoms with Crippen molar-refractivity contribution in [2.75, 3.05) is 19.6 Å². The van der Waals surface area contributed by atoms with E-state index in [4.69, 9.17) is 4.74 Å². The first-order valence-electron chi connectivity index (χ1n) is 7.86. The maximum Gasteiger partial charge on any atom is 0.407 e. The molecule has 1 heterocycles. The fraction of sp³-hybridized carbons (Fsp3) is 0.647. The van der Waals surface area contributed by atoms with Crippen LogP contribution in [-0.4, -0.2) is 42.1 Å². The summed E-state index contributed by atoms with van der Waals surface area (Å²) in [5.41, 5.74) is 2.19. The van der Waals surface area contributed by atoms with Gasteiger partial charge >= 0.3 is 6.09 Å². The number of alkyl carbamates (subject to hydrolysis) is 1. The minimum Gasteiger partial charge on any atom is -0.444 e. The van der Waals surface area contributed by atoms with Crippen molar-refractivity contribution in [3.63, 3.8) is 0 Å². The number of hydrogen-bond donors (Lipinski definition) is 1. The van der Waals surface area contributed by atoms with Gasteiger partial charge in [0.15, 0.2) is 0 Å². The lowest BCUT2D eigenvalue weighted by molar-refractivity contribution is -0.128. The van der Waals surface area contributed by atoms with Gasteiger partial charge in [-0.2, -0.15) is 0 Å².